The minimum absolute atomic E-state index is 0.454. The summed E-state index contributed by atoms with van der Waals surface area (Å²) in [5, 5.41) is 3.05. The van der Waals surface area contributed by atoms with Crippen LogP contribution in [0.1, 0.15) is 0 Å². The third kappa shape index (κ3) is 1.54. The van der Waals surface area contributed by atoms with E-state index in [4.69, 9.17) is 16.0 Å². The Kier molecular flexibility index (Phi) is 2.08. The summed E-state index contributed by atoms with van der Waals surface area (Å²) < 4.78 is 4.91. The minimum Gasteiger partial charge on any atom is -0.408 e. The summed E-state index contributed by atoms with van der Waals surface area (Å²) >= 11 is 7.21. The van der Waals surface area contributed by atoms with Gasteiger partial charge in [-0.1, -0.05) is 11.6 Å². The van der Waals surface area contributed by atoms with E-state index in [9.17, 15) is 4.79 Å². The molecule has 3 aromatic rings. The molecule has 16 heavy (non-hydrogen) atoms. The number of thiazole rings is 1. The number of H-pyrrole nitrogens is 1. The Bertz CT molecular complexity index is 713. The number of aromatic amines is 1. The van der Waals surface area contributed by atoms with Crippen LogP contribution in [-0.4, -0.2) is 9.97 Å². The van der Waals surface area contributed by atoms with E-state index in [1.165, 1.54) is 11.3 Å². The van der Waals surface area contributed by atoms with Gasteiger partial charge in [-0.2, -0.15) is 0 Å². The predicted molar refractivity (Wildman–Crippen MR) is 63.0 cm³/mol. The van der Waals surface area contributed by atoms with Crippen molar-refractivity contribution in [2.45, 2.75) is 0 Å². The standard InChI is InChI=1S/C10H5ClN2O2S/c11-8-4-16-9(13-8)5-1-2-7-6(3-5)12-10(14)15-7/h1-4H,(H,12,14). The highest BCUT2D eigenvalue weighted by atomic mass is 35.5. The Hall–Kier alpha value is -1.59. The second kappa shape index (κ2) is 3.47. The van der Waals surface area contributed by atoms with Gasteiger partial charge in [0.25, 0.3) is 0 Å². The molecule has 2 aromatic heterocycles. The fraction of sp³-hybridized carbons (Fsp3) is 0. The molecule has 0 saturated heterocycles. The summed E-state index contributed by atoms with van der Waals surface area (Å²) in [5.41, 5.74) is 2.10. The van der Waals surface area contributed by atoms with Crippen LogP contribution >= 0.6 is 22.9 Å². The molecule has 0 aliphatic rings. The maximum atomic E-state index is 11.0. The first kappa shape index (κ1) is 9.62. The average Bonchev–Trinajstić information content (AvgIpc) is 2.81. The van der Waals surface area contributed by atoms with Crippen LogP contribution in [0.5, 0.6) is 0 Å². The zero-order valence-electron chi connectivity index (χ0n) is 7.86. The predicted octanol–water partition coefficient (Wildman–Crippen LogP) is 2.90. The number of aromatic nitrogens is 2. The van der Waals surface area contributed by atoms with Crippen LogP contribution in [0.2, 0.25) is 5.15 Å². The highest BCUT2D eigenvalue weighted by Crippen LogP contribution is 2.27. The molecule has 0 aliphatic heterocycles. The molecule has 6 heteroatoms. The first-order valence-electron chi connectivity index (χ1n) is 4.47. The van der Waals surface area contributed by atoms with Gasteiger partial charge in [-0.05, 0) is 18.2 Å². The molecule has 0 unspecified atom stereocenters. The Morgan fingerprint density at radius 3 is 3.06 bits per heavy atom. The van der Waals surface area contributed by atoms with Gasteiger partial charge in [0, 0.05) is 10.9 Å². The molecular weight excluding hydrogens is 248 g/mol. The molecule has 0 atom stereocenters. The summed E-state index contributed by atoms with van der Waals surface area (Å²) in [6.07, 6.45) is 0. The van der Waals surface area contributed by atoms with E-state index in [0.29, 0.717) is 16.3 Å². The van der Waals surface area contributed by atoms with Crippen molar-refractivity contribution in [3.05, 3.63) is 39.3 Å². The number of hydrogen-bond acceptors (Lipinski definition) is 4. The fourth-order valence-corrected chi connectivity index (χ4v) is 2.42. The number of nitrogens with zero attached hydrogens (tertiary/aromatic N) is 1. The van der Waals surface area contributed by atoms with Crippen LogP contribution in [-0.2, 0) is 0 Å². The van der Waals surface area contributed by atoms with Gasteiger partial charge in [0.05, 0.1) is 5.52 Å². The molecule has 0 saturated carbocycles. The molecule has 0 radical (unpaired) electrons. The topological polar surface area (TPSA) is 58.9 Å². The van der Waals surface area contributed by atoms with Gasteiger partial charge in [-0.3, -0.25) is 4.98 Å². The summed E-state index contributed by atoms with van der Waals surface area (Å²) in [7, 11) is 0. The van der Waals surface area contributed by atoms with Crippen LogP contribution in [0.25, 0.3) is 21.7 Å². The number of hydrogen-bond donors (Lipinski definition) is 1. The number of rotatable bonds is 1. The number of oxazole rings is 1. The van der Waals surface area contributed by atoms with Crippen molar-refractivity contribution in [3.8, 4) is 10.6 Å². The zero-order chi connectivity index (χ0) is 11.1. The van der Waals surface area contributed by atoms with E-state index in [1.54, 1.807) is 11.4 Å². The Morgan fingerprint density at radius 1 is 1.44 bits per heavy atom. The Labute approximate surface area is 98.5 Å². The first-order valence-corrected chi connectivity index (χ1v) is 5.72. The Morgan fingerprint density at radius 2 is 2.31 bits per heavy atom. The molecule has 0 bridgehead atoms. The zero-order valence-corrected chi connectivity index (χ0v) is 9.43. The van der Waals surface area contributed by atoms with E-state index >= 15 is 0 Å². The van der Waals surface area contributed by atoms with Gasteiger partial charge in [0.2, 0.25) is 0 Å². The third-order valence-corrected chi connectivity index (χ3v) is 3.36. The van der Waals surface area contributed by atoms with E-state index in [1.807, 2.05) is 12.1 Å². The first-order chi connectivity index (χ1) is 7.72. The van der Waals surface area contributed by atoms with Gasteiger partial charge in [-0.15, -0.1) is 11.3 Å². The van der Waals surface area contributed by atoms with Gasteiger partial charge in [0.15, 0.2) is 5.58 Å². The van der Waals surface area contributed by atoms with Crippen molar-refractivity contribution in [3.63, 3.8) is 0 Å². The van der Waals surface area contributed by atoms with Crippen molar-refractivity contribution < 1.29 is 4.42 Å². The highest BCUT2D eigenvalue weighted by molar-refractivity contribution is 7.13. The highest BCUT2D eigenvalue weighted by Gasteiger charge is 2.06. The molecule has 0 fully saturated rings. The average molecular weight is 253 g/mol. The Balaban J connectivity index is 2.21. The van der Waals surface area contributed by atoms with Gasteiger partial charge >= 0.3 is 5.76 Å². The van der Waals surface area contributed by atoms with Gasteiger partial charge in [0.1, 0.15) is 10.2 Å². The second-order valence-electron chi connectivity index (χ2n) is 3.20. The molecule has 0 amide bonds. The van der Waals surface area contributed by atoms with Gasteiger partial charge < -0.3 is 4.42 Å². The van der Waals surface area contributed by atoms with Crippen LogP contribution in [0.15, 0.2) is 32.8 Å². The maximum Gasteiger partial charge on any atom is 0.417 e. The molecule has 1 N–H and O–H groups in total. The van der Waals surface area contributed by atoms with E-state index < -0.39 is 5.76 Å². The van der Waals surface area contributed by atoms with Crippen LogP contribution < -0.4 is 5.76 Å². The summed E-state index contributed by atoms with van der Waals surface area (Å²) in [6, 6.07) is 5.39. The lowest BCUT2D eigenvalue weighted by molar-refractivity contribution is 0.555. The molecule has 0 aliphatic carbocycles. The van der Waals surface area contributed by atoms with Crippen molar-refractivity contribution >= 4 is 34.0 Å². The van der Waals surface area contributed by atoms with Crippen LogP contribution in [0, 0.1) is 0 Å². The smallest absolute Gasteiger partial charge is 0.408 e. The molecule has 0 spiro atoms. The number of benzene rings is 1. The van der Waals surface area contributed by atoms with Crippen molar-refractivity contribution in [1.82, 2.24) is 9.97 Å². The van der Waals surface area contributed by atoms with E-state index in [0.717, 1.165) is 10.6 Å². The van der Waals surface area contributed by atoms with E-state index in [2.05, 4.69) is 9.97 Å². The SMILES string of the molecule is O=c1[nH]c2cc(-c3nc(Cl)cs3)ccc2o1. The summed E-state index contributed by atoms with van der Waals surface area (Å²) in [5.74, 6) is -0.454. The number of fused-ring (bicyclic) bond motifs is 1. The molecule has 3 rings (SSSR count). The quantitative estimate of drug-likeness (QED) is 0.724. The molecule has 80 valence electrons. The number of halogens is 1. The third-order valence-electron chi connectivity index (χ3n) is 2.14. The maximum absolute atomic E-state index is 11.0. The van der Waals surface area contributed by atoms with E-state index in [-0.39, 0.29) is 0 Å². The molecule has 1 aromatic carbocycles. The van der Waals surface area contributed by atoms with Crippen molar-refractivity contribution in [2.24, 2.45) is 0 Å². The molecular formula is C10H5ClN2O2S. The lowest BCUT2D eigenvalue weighted by atomic mass is 10.2. The van der Waals surface area contributed by atoms with Crippen molar-refractivity contribution in [1.29, 1.82) is 0 Å². The molecule has 2 heterocycles. The lowest BCUT2D eigenvalue weighted by Crippen LogP contribution is -1.92. The van der Waals surface area contributed by atoms with Crippen molar-refractivity contribution in [2.75, 3.05) is 0 Å². The summed E-state index contributed by atoms with van der Waals surface area (Å²) in [4.78, 5) is 17.7. The second-order valence-corrected chi connectivity index (χ2v) is 4.45. The lowest BCUT2D eigenvalue weighted by Gasteiger charge is -1.94. The number of nitrogens with one attached hydrogen (secondary N) is 1. The fourth-order valence-electron chi connectivity index (χ4n) is 1.47. The minimum atomic E-state index is -0.454. The van der Waals surface area contributed by atoms with Crippen LogP contribution in [0.4, 0.5) is 0 Å². The normalized spacial score (nSPS) is 11.1. The molecule has 4 nitrogen and oxygen atoms in total. The summed E-state index contributed by atoms with van der Waals surface area (Å²) in [6.45, 7) is 0. The largest absolute Gasteiger partial charge is 0.417 e. The van der Waals surface area contributed by atoms with Gasteiger partial charge in [-0.25, -0.2) is 9.78 Å². The monoisotopic (exact) mass is 252 g/mol. The van der Waals surface area contributed by atoms with Crippen LogP contribution in [0.3, 0.4) is 0 Å².